The fourth-order valence-corrected chi connectivity index (χ4v) is 2.07. The Morgan fingerprint density at radius 2 is 1.50 bits per heavy atom. The third-order valence-corrected chi connectivity index (χ3v) is 3.08. The van der Waals surface area contributed by atoms with E-state index < -0.39 is 35.2 Å². The minimum absolute atomic E-state index is 0.151. The molecule has 0 saturated carbocycles. The van der Waals surface area contributed by atoms with Gasteiger partial charge in [-0.05, 0) is 33.8 Å². The van der Waals surface area contributed by atoms with Gasteiger partial charge in [0.15, 0.2) is 0 Å². The summed E-state index contributed by atoms with van der Waals surface area (Å²) < 4.78 is 48.0. The van der Waals surface area contributed by atoms with E-state index in [0.717, 1.165) is 13.0 Å². The summed E-state index contributed by atoms with van der Waals surface area (Å²) in [5.74, 6) is -4.07. The van der Waals surface area contributed by atoms with E-state index in [4.69, 9.17) is 9.47 Å². The molecule has 6 nitrogen and oxygen atoms in total. The maximum atomic E-state index is 12.6. The van der Waals surface area contributed by atoms with Crippen molar-refractivity contribution in [2.24, 2.45) is 0 Å². The highest BCUT2D eigenvalue weighted by Gasteiger charge is 2.45. The highest BCUT2D eigenvalue weighted by atomic mass is 19.4. The average Bonchev–Trinajstić information content (AvgIpc) is 2.44. The topological polar surface area (TPSA) is 81.7 Å². The van der Waals surface area contributed by atoms with Crippen molar-refractivity contribution in [2.45, 2.75) is 52.0 Å². The number of alkyl halides is 3. The second-order valence-electron chi connectivity index (χ2n) is 6.63. The van der Waals surface area contributed by atoms with E-state index in [9.17, 15) is 27.6 Å². The molecule has 0 bridgehead atoms. The molecule has 0 radical (unpaired) electrons. The van der Waals surface area contributed by atoms with Crippen LogP contribution >= 0.6 is 0 Å². The van der Waals surface area contributed by atoms with E-state index in [1.54, 1.807) is 26.1 Å². The standard InChI is InChI=1S/C17H20F3NO5/c1-10(22)25-16(5,14(24)26-15(2,3)4)11-8-6-7-9-12(11)21-13(23)17(18,19)20/h6-9H,1-5H3,(H,21,23)/t16-/m1/s1. The van der Waals surface area contributed by atoms with Gasteiger partial charge in [-0.3, -0.25) is 9.59 Å². The van der Waals surface area contributed by atoms with Gasteiger partial charge in [0, 0.05) is 18.2 Å². The van der Waals surface area contributed by atoms with Crippen molar-refractivity contribution in [3.05, 3.63) is 29.8 Å². The maximum absolute atomic E-state index is 12.6. The molecule has 144 valence electrons. The largest absolute Gasteiger partial charge is 0.471 e. The fourth-order valence-electron chi connectivity index (χ4n) is 2.07. The van der Waals surface area contributed by atoms with Crippen LogP contribution in [0.4, 0.5) is 18.9 Å². The van der Waals surface area contributed by atoms with E-state index in [2.05, 4.69) is 0 Å². The van der Waals surface area contributed by atoms with E-state index in [1.165, 1.54) is 25.1 Å². The molecule has 0 fully saturated rings. The number of carbonyl (C=O) groups is 3. The Kier molecular flexibility index (Phi) is 6.06. The fraction of sp³-hybridized carbons (Fsp3) is 0.471. The molecule has 1 N–H and O–H groups in total. The van der Waals surface area contributed by atoms with Crippen LogP contribution in [-0.4, -0.2) is 29.6 Å². The lowest BCUT2D eigenvalue weighted by molar-refractivity contribution is -0.189. The van der Waals surface area contributed by atoms with Gasteiger partial charge in [0.1, 0.15) is 5.60 Å². The summed E-state index contributed by atoms with van der Waals surface area (Å²) in [5.41, 5.74) is -3.48. The molecule has 1 aromatic carbocycles. The van der Waals surface area contributed by atoms with E-state index >= 15 is 0 Å². The first-order valence-corrected chi connectivity index (χ1v) is 7.57. The average molecular weight is 375 g/mol. The number of ether oxygens (including phenoxy) is 2. The van der Waals surface area contributed by atoms with Crippen LogP contribution in [0.15, 0.2) is 24.3 Å². The first kappa shape index (κ1) is 21.5. The van der Waals surface area contributed by atoms with Gasteiger partial charge in [-0.25, -0.2) is 4.79 Å². The molecule has 0 unspecified atom stereocenters. The van der Waals surface area contributed by atoms with Crippen LogP contribution in [-0.2, 0) is 29.5 Å². The molecule has 1 rings (SSSR count). The summed E-state index contributed by atoms with van der Waals surface area (Å²) in [5, 5.41) is 1.68. The Bertz CT molecular complexity index is 709. The molecule has 0 aromatic heterocycles. The summed E-state index contributed by atoms with van der Waals surface area (Å²) in [6, 6.07) is 5.20. The Morgan fingerprint density at radius 1 is 0.962 bits per heavy atom. The number of nitrogens with one attached hydrogen (secondary N) is 1. The summed E-state index contributed by atoms with van der Waals surface area (Å²) in [7, 11) is 0. The van der Waals surface area contributed by atoms with Crippen LogP contribution in [0.5, 0.6) is 0 Å². The van der Waals surface area contributed by atoms with Gasteiger partial charge >= 0.3 is 24.0 Å². The van der Waals surface area contributed by atoms with Crippen LogP contribution in [0, 0.1) is 0 Å². The highest BCUT2D eigenvalue weighted by molar-refractivity contribution is 5.97. The number of benzene rings is 1. The molecule has 0 aliphatic rings. The van der Waals surface area contributed by atoms with Gasteiger partial charge < -0.3 is 14.8 Å². The summed E-state index contributed by atoms with van der Waals surface area (Å²) >= 11 is 0. The lowest BCUT2D eigenvalue weighted by atomic mass is 9.93. The number of amides is 1. The highest BCUT2D eigenvalue weighted by Crippen LogP contribution is 2.35. The van der Waals surface area contributed by atoms with Crippen molar-refractivity contribution in [3.8, 4) is 0 Å². The first-order valence-electron chi connectivity index (χ1n) is 7.57. The van der Waals surface area contributed by atoms with Crippen LogP contribution < -0.4 is 5.32 Å². The third-order valence-electron chi connectivity index (χ3n) is 3.08. The Hall–Kier alpha value is -2.58. The minimum atomic E-state index is -5.13. The number of hydrogen-bond acceptors (Lipinski definition) is 5. The molecule has 0 aliphatic heterocycles. The summed E-state index contributed by atoms with van der Waals surface area (Å²) in [4.78, 5) is 35.4. The quantitative estimate of drug-likeness (QED) is 0.817. The molecule has 0 saturated heterocycles. The smallest absolute Gasteiger partial charge is 0.457 e. The summed E-state index contributed by atoms with van der Waals surface area (Å²) in [6.45, 7) is 6.96. The van der Waals surface area contributed by atoms with E-state index in [0.29, 0.717) is 0 Å². The predicted molar refractivity (Wildman–Crippen MR) is 86.1 cm³/mol. The number of rotatable bonds is 4. The maximum Gasteiger partial charge on any atom is 0.471 e. The number of anilines is 1. The van der Waals surface area contributed by atoms with Crippen molar-refractivity contribution in [1.82, 2.24) is 0 Å². The van der Waals surface area contributed by atoms with Crippen LogP contribution in [0.3, 0.4) is 0 Å². The van der Waals surface area contributed by atoms with Gasteiger partial charge in [-0.15, -0.1) is 0 Å². The monoisotopic (exact) mass is 375 g/mol. The number of para-hydroxylation sites is 1. The lowest BCUT2D eigenvalue weighted by Crippen LogP contribution is -2.43. The molecule has 1 atom stereocenters. The molecular formula is C17H20F3NO5. The van der Waals surface area contributed by atoms with Crippen molar-refractivity contribution in [1.29, 1.82) is 0 Å². The SMILES string of the molecule is CC(=O)O[C@@](C)(C(=O)OC(C)(C)C)c1ccccc1NC(=O)C(F)(F)F. The molecule has 0 aliphatic carbocycles. The van der Waals surface area contributed by atoms with Crippen LogP contribution in [0.2, 0.25) is 0 Å². The molecule has 1 aromatic rings. The van der Waals surface area contributed by atoms with Gasteiger partial charge in [0.05, 0.1) is 0 Å². The summed E-state index contributed by atoms with van der Waals surface area (Å²) in [6.07, 6.45) is -5.13. The van der Waals surface area contributed by atoms with E-state index in [1.807, 2.05) is 0 Å². The minimum Gasteiger partial charge on any atom is -0.457 e. The molecule has 9 heteroatoms. The second-order valence-corrected chi connectivity index (χ2v) is 6.63. The lowest BCUT2D eigenvalue weighted by Gasteiger charge is -2.32. The normalized spacial score (nSPS) is 14.2. The second kappa shape index (κ2) is 7.35. The van der Waals surface area contributed by atoms with Crippen molar-refractivity contribution in [2.75, 3.05) is 5.32 Å². The van der Waals surface area contributed by atoms with Gasteiger partial charge in [-0.1, -0.05) is 18.2 Å². The number of esters is 2. The molecular weight excluding hydrogens is 355 g/mol. The van der Waals surface area contributed by atoms with Crippen LogP contribution in [0.1, 0.15) is 40.2 Å². The van der Waals surface area contributed by atoms with Crippen molar-refractivity contribution >= 4 is 23.5 Å². The first-order chi connectivity index (χ1) is 11.7. The molecule has 26 heavy (non-hydrogen) atoms. The zero-order valence-electron chi connectivity index (χ0n) is 15.0. The number of carbonyl (C=O) groups excluding carboxylic acids is 3. The Balaban J connectivity index is 3.42. The zero-order valence-corrected chi connectivity index (χ0v) is 15.0. The Labute approximate surface area is 148 Å². The van der Waals surface area contributed by atoms with Gasteiger partial charge in [0.25, 0.3) is 0 Å². The number of halogens is 3. The Morgan fingerprint density at radius 3 is 1.96 bits per heavy atom. The molecule has 1 amide bonds. The van der Waals surface area contributed by atoms with Gasteiger partial charge in [0.2, 0.25) is 5.60 Å². The van der Waals surface area contributed by atoms with E-state index in [-0.39, 0.29) is 11.3 Å². The molecule has 0 spiro atoms. The van der Waals surface area contributed by atoms with Crippen molar-refractivity contribution < 1.29 is 37.0 Å². The van der Waals surface area contributed by atoms with Crippen LogP contribution in [0.25, 0.3) is 0 Å². The third kappa shape index (κ3) is 5.47. The zero-order chi connectivity index (χ0) is 20.3. The number of hydrogen-bond donors (Lipinski definition) is 1. The molecule has 0 heterocycles. The van der Waals surface area contributed by atoms with Crippen molar-refractivity contribution in [3.63, 3.8) is 0 Å². The predicted octanol–water partition coefficient (Wildman–Crippen LogP) is 3.31. The van der Waals surface area contributed by atoms with Gasteiger partial charge in [-0.2, -0.15) is 13.2 Å².